The molecule has 140 valence electrons. The highest BCUT2D eigenvalue weighted by Gasteiger charge is 2.25. The van der Waals surface area contributed by atoms with Gasteiger partial charge in [0.25, 0.3) is 11.5 Å². The van der Waals surface area contributed by atoms with Gasteiger partial charge in [0.05, 0.1) is 0 Å². The standard InChI is InChI=1S/C20H25N3O2.ClH/c21-13-18(15-9-5-2-6-10-15)23-20(25)16-11-12-17(22-19(16)24)14-7-3-1-4-8-14;/h1,3-4,7-8,11-12,15,18H,2,5-6,9-10,13,21H2,(H,22,24)(H,23,25);1H. The summed E-state index contributed by atoms with van der Waals surface area (Å²) >= 11 is 0. The lowest BCUT2D eigenvalue weighted by atomic mass is 9.84. The van der Waals surface area contributed by atoms with Gasteiger partial charge < -0.3 is 16.0 Å². The van der Waals surface area contributed by atoms with E-state index in [0.717, 1.165) is 18.4 Å². The second kappa shape index (κ2) is 9.55. The third kappa shape index (κ3) is 4.74. The first-order valence-corrected chi connectivity index (χ1v) is 8.98. The highest BCUT2D eigenvalue weighted by molar-refractivity contribution is 5.94. The Balaban J connectivity index is 0.00000243. The lowest BCUT2D eigenvalue weighted by molar-refractivity contribution is 0.0914. The minimum Gasteiger partial charge on any atom is -0.348 e. The molecule has 1 amide bonds. The van der Waals surface area contributed by atoms with Gasteiger partial charge in [-0.1, -0.05) is 49.6 Å². The van der Waals surface area contributed by atoms with E-state index in [1.54, 1.807) is 12.1 Å². The van der Waals surface area contributed by atoms with Crippen LogP contribution in [0.25, 0.3) is 11.3 Å². The van der Waals surface area contributed by atoms with Crippen LogP contribution in [-0.2, 0) is 0 Å². The predicted octanol–water partition coefficient (Wildman–Crippen LogP) is 3.10. The van der Waals surface area contributed by atoms with Crippen LogP contribution in [0.2, 0.25) is 0 Å². The quantitative estimate of drug-likeness (QED) is 0.750. The third-order valence-corrected chi connectivity index (χ3v) is 5.03. The fourth-order valence-electron chi connectivity index (χ4n) is 3.59. The number of carbonyl (C=O) groups excluding carboxylic acids is 1. The summed E-state index contributed by atoms with van der Waals surface area (Å²) in [5, 5.41) is 2.97. The van der Waals surface area contributed by atoms with Crippen LogP contribution in [0, 0.1) is 5.92 Å². The van der Waals surface area contributed by atoms with Crippen LogP contribution in [0.15, 0.2) is 47.3 Å². The molecule has 0 bridgehead atoms. The molecular formula is C20H26ClN3O2. The van der Waals surface area contributed by atoms with Crippen molar-refractivity contribution < 1.29 is 4.79 Å². The van der Waals surface area contributed by atoms with Gasteiger partial charge in [0.1, 0.15) is 5.56 Å². The summed E-state index contributed by atoms with van der Waals surface area (Å²) in [4.78, 5) is 27.7. The Bertz CT molecular complexity index is 770. The van der Waals surface area contributed by atoms with Gasteiger partial charge in [-0.25, -0.2) is 0 Å². The number of aromatic amines is 1. The average Bonchev–Trinajstić information content (AvgIpc) is 2.67. The predicted molar refractivity (Wildman–Crippen MR) is 107 cm³/mol. The van der Waals surface area contributed by atoms with Crippen molar-refractivity contribution in [2.45, 2.75) is 38.1 Å². The van der Waals surface area contributed by atoms with Crippen LogP contribution >= 0.6 is 12.4 Å². The summed E-state index contributed by atoms with van der Waals surface area (Å²) in [6, 6.07) is 12.9. The van der Waals surface area contributed by atoms with Gasteiger partial charge in [-0.15, -0.1) is 12.4 Å². The van der Waals surface area contributed by atoms with Gasteiger partial charge in [-0.2, -0.15) is 0 Å². The number of amides is 1. The number of nitrogens with one attached hydrogen (secondary N) is 2. The van der Waals surface area contributed by atoms with Crippen molar-refractivity contribution in [2.24, 2.45) is 11.7 Å². The second-order valence-corrected chi connectivity index (χ2v) is 6.69. The molecule has 1 atom stereocenters. The van der Waals surface area contributed by atoms with E-state index < -0.39 is 0 Å². The van der Waals surface area contributed by atoms with Crippen LogP contribution in [0.4, 0.5) is 0 Å². The molecular weight excluding hydrogens is 350 g/mol. The zero-order chi connectivity index (χ0) is 17.6. The summed E-state index contributed by atoms with van der Waals surface area (Å²) in [6.07, 6.45) is 5.80. The van der Waals surface area contributed by atoms with Crippen LogP contribution in [0.1, 0.15) is 42.5 Å². The molecule has 1 aliphatic rings. The van der Waals surface area contributed by atoms with Gasteiger partial charge in [0, 0.05) is 18.3 Å². The average molecular weight is 376 g/mol. The van der Waals surface area contributed by atoms with Crippen LogP contribution < -0.4 is 16.6 Å². The number of benzene rings is 1. The molecule has 5 nitrogen and oxygen atoms in total. The largest absolute Gasteiger partial charge is 0.348 e. The number of rotatable bonds is 5. The molecule has 1 aliphatic carbocycles. The zero-order valence-corrected chi connectivity index (χ0v) is 15.6. The number of hydrogen-bond acceptors (Lipinski definition) is 3. The summed E-state index contributed by atoms with van der Waals surface area (Å²) in [5.74, 6) is 0.0623. The molecule has 0 aliphatic heterocycles. The Morgan fingerprint density at radius 3 is 2.42 bits per heavy atom. The Morgan fingerprint density at radius 1 is 1.12 bits per heavy atom. The molecule has 1 unspecified atom stereocenters. The maximum Gasteiger partial charge on any atom is 0.261 e. The molecule has 1 heterocycles. The summed E-state index contributed by atoms with van der Waals surface area (Å²) in [6.45, 7) is 0.399. The van der Waals surface area contributed by atoms with Crippen molar-refractivity contribution >= 4 is 18.3 Å². The normalized spacial score (nSPS) is 15.7. The monoisotopic (exact) mass is 375 g/mol. The first kappa shape index (κ1) is 20.2. The molecule has 1 aromatic carbocycles. The molecule has 1 aromatic heterocycles. The molecule has 2 aromatic rings. The topological polar surface area (TPSA) is 88.0 Å². The maximum absolute atomic E-state index is 12.5. The highest BCUT2D eigenvalue weighted by Crippen LogP contribution is 2.26. The van der Waals surface area contributed by atoms with Crippen molar-refractivity contribution in [2.75, 3.05) is 6.54 Å². The fraction of sp³-hybridized carbons (Fsp3) is 0.400. The molecule has 0 saturated heterocycles. The van der Waals surface area contributed by atoms with E-state index in [1.807, 2.05) is 30.3 Å². The minimum absolute atomic E-state index is 0. The first-order chi connectivity index (χ1) is 12.2. The van der Waals surface area contributed by atoms with E-state index in [1.165, 1.54) is 19.3 Å². The first-order valence-electron chi connectivity index (χ1n) is 8.98. The van der Waals surface area contributed by atoms with Crippen LogP contribution in [0.5, 0.6) is 0 Å². The van der Waals surface area contributed by atoms with Crippen LogP contribution in [0.3, 0.4) is 0 Å². The number of halogens is 1. The maximum atomic E-state index is 12.5. The summed E-state index contributed by atoms with van der Waals surface area (Å²) in [7, 11) is 0. The van der Waals surface area contributed by atoms with Gasteiger partial charge in [-0.3, -0.25) is 9.59 Å². The number of nitrogens with two attached hydrogens (primary N) is 1. The van der Waals surface area contributed by atoms with Crippen molar-refractivity contribution in [1.29, 1.82) is 0 Å². The second-order valence-electron chi connectivity index (χ2n) is 6.69. The van der Waals surface area contributed by atoms with Gasteiger partial charge >= 0.3 is 0 Å². The van der Waals surface area contributed by atoms with Crippen LogP contribution in [-0.4, -0.2) is 23.5 Å². The SMILES string of the molecule is Cl.NCC(NC(=O)c1ccc(-c2ccccc2)[nH]c1=O)C1CCCCC1. The van der Waals surface area contributed by atoms with E-state index >= 15 is 0 Å². The number of carbonyl (C=O) groups is 1. The molecule has 1 fully saturated rings. The summed E-state index contributed by atoms with van der Waals surface area (Å²) < 4.78 is 0. The van der Waals surface area contributed by atoms with E-state index in [0.29, 0.717) is 18.2 Å². The Hall–Kier alpha value is -2.11. The third-order valence-electron chi connectivity index (χ3n) is 5.03. The number of H-pyrrole nitrogens is 1. The number of hydrogen-bond donors (Lipinski definition) is 3. The Kier molecular flexibility index (Phi) is 7.42. The Labute approximate surface area is 159 Å². The fourth-order valence-corrected chi connectivity index (χ4v) is 3.59. The van der Waals surface area contributed by atoms with E-state index in [-0.39, 0.29) is 35.5 Å². The molecule has 26 heavy (non-hydrogen) atoms. The Morgan fingerprint density at radius 2 is 1.81 bits per heavy atom. The van der Waals surface area contributed by atoms with Gasteiger partial charge in [0.2, 0.25) is 0 Å². The van der Waals surface area contributed by atoms with E-state index in [9.17, 15) is 9.59 Å². The molecule has 4 N–H and O–H groups in total. The smallest absolute Gasteiger partial charge is 0.261 e. The lowest BCUT2D eigenvalue weighted by Crippen LogP contribution is -2.47. The van der Waals surface area contributed by atoms with Crippen molar-refractivity contribution in [3.8, 4) is 11.3 Å². The lowest BCUT2D eigenvalue weighted by Gasteiger charge is -2.30. The molecule has 6 heteroatoms. The molecule has 1 saturated carbocycles. The number of aromatic nitrogens is 1. The molecule has 3 rings (SSSR count). The summed E-state index contributed by atoms with van der Waals surface area (Å²) in [5.41, 5.74) is 7.23. The van der Waals surface area contributed by atoms with Crippen molar-refractivity contribution in [3.63, 3.8) is 0 Å². The minimum atomic E-state index is -0.377. The molecule has 0 radical (unpaired) electrons. The van der Waals surface area contributed by atoms with E-state index in [4.69, 9.17) is 5.73 Å². The van der Waals surface area contributed by atoms with Crippen molar-refractivity contribution in [3.05, 3.63) is 58.4 Å². The van der Waals surface area contributed by atoms with Gasteiger partial charge in [0.15, 0.2) is 0 Å². The van der Waals surface area contributed by atoms with Gasteiger partial charge in [-0.05, 0) is 36.5 Å². The zero-order valence-electron chi connectivity index (χ0n) is 14.7. The van der Waals surface area contributed by atoms with Crippen molar-refractivity contribution in [1.82, 2.24) is 10.3 Å². The highest BCUT2D eigenvalue weighted by atomic mass is 35.5. The molecule has 0 spiro atoms. The number of pyridine rings is 1. The van der Waals surface area contributed by atoms with E-state index in [2.05, 4.69) is 10.3 Å².